The molecule has 2 rings (SSSR count). The molecule has 0 aromatic rings. The maximum Gasteiger partial charge on any atom is 0.0727 e. The Morgan fingerprint density at radius 2 is 1.82 bits per heavy atom. The van der Waals surface area contributed by atoms with Crippen molar-refractivity contribution in [3.05, 3.63) is 0 Å². The van der Waals surface area contributed by atoms with Crippen molar-refractivity contribution in [1.82, 2.24) is 0 Å². The zero-order chi connectivity index (χ0) is 8.22. The summed E-state index contributed by atoms with van der Waals surface area (Å²) in [6, 6.07) is 0.0451. The first-order valence-corrected chi connectivity index (χ1v) is 4.49. The van der Waals surface area contributed by atoms with E-state index in [9.17, 15) is 5.11 Å². The van der Waals surface area contributed by atoms with Crippen molar-refractivity contribution < 1.29 is 5.11 Å². The quantitative estimate of drug-likeness (QED) is 0.542. The van der Waals surface area contributed by atoms with Gasteiger partial charge in [-0.25, -0.2) is 0 Å². The minimum absolute atomic E-state index is 0.0451. The fourth-order valence-corrected chi connectivity index (χ4v) is 3.18. The van der Waals surface area contributed by atoms with Gasteiger partial charge < -0.3 is 10.8 Å². The highest BCUT2D eigenvalue weighted by molar-refractivity contribution is 5.09. The highest BCUT2D eigenvalue weighted by atomic mass is 16.3. The monoisotopic (exact) mass is 155 g/mol. The lowest BCUT2D eigenvalue weighted by atomic mass is 9.81. The van der Waals surface area contributed by atoms with Gasteiger partial charge >= 0.3 is 0 Å². The molecule has 0 saturated heterocycles. The SMILES string of the molecule is CC1(C)[C@@H]2CC[C@H]1[C@@H](N)[C@H]2O. The zero-order valence-corrected chi connectivity index (χ0v) is 7.25. The average molecular weight is 155 g/mol. The van der Waals surface area contributed by atoms with E-state index in [2.05, 4.69) is 13.8 Å². The second kappa shape index (κ2) is 1.99. The second-order valence-corrected chi connectivity index (χ2v) is 4.68. The van der Waals surface area contributed by atoms with Gasteiger partial charge in [-0.3, -0.25) is 0 Å². The third-order valence-electron chi connectivity index (χ3n) is 3.97. The van der Waals surface area contributed by atoms with Crippen molar-refractivity contribution in [2.45, 2.75) is 38.8 Å². The van der Waals surface area contributed by atoms with Gasteiger partial charge in [-0.15, -0.1) is 0 Å². The maximum atomic E-state index is 9.70. The molecule has 4 atom stereocenters. The van der Waals surface area contributed by atoms with Gasteiger partial charge in [-0.1, -0.05) is 13.8 Å². The lowest BCUT2D eigenvalue weighted by molar-refractivity contribution is 0.0825. The predicted molar refractivity (Wildman–Crippen MR) is 44.0 cm³/mol. The molecule has 0 aromatic heterocycles. The van der Waals surface area contributed by atoms with Crippen LogP contribution >= 0.6 is 0 Å². The van der Waals surface area contributed by atoms with Gasteiger partial charge in [0.2, 0.25) is 0 Å². The Hall–Kier alpha value is -0.0800. The van der Waals surface area contributed by atoms with Crippen molar-refractivity contribution in [2.24, 2.45) is 23.0 Å². The summed E-state index contributed by atoms with van der Waals surface area (Å²) in [7, 11) is 0. The fourth-order valence-electron chi connectivity index (χ4n) is 3.18. The first-order chi connectivity index (χ1) is 5.05. The van der Waals surface area contributed by atoms with E-state index in [1.165, 1.54) is 12.8 Å². The van der Waals surface area contributed by atoms with Gasteiger partial charge in [0.05, 0.1) is 6.10 Å². The molecule has 0 aliphatic heterocycles. The van der Waals surface area contributed by atoms with Gasteiger partial charge in [0.15, 0.2) is 0 Å². The van der Waals surface area contributed by atoms with Gasteiger partial charge in [0, 0.05) is 6.04 Å². The topological polar surface area (TPSA) is 46.2 Å². The summed E-state index contributed by atoms with van der Waals surface area (Å²) < 4.78 is 0. The first kappa shape index (κ1) is 7.56. The lowest BCUT2D eigenvalue weighted by Gasteiger charge is -2.24. The Balaban J connectivity index is 2.31. The highest BCUT2D eigenvalue weighted by Gasteiger charge is 2.57. The van der Waals surface area contributed by atoms with E-state index in [1.807, 2.05) is 0 Å². The molecule has 2 saturated carbocycles. The molecule has 2 aliphatic rings. The van der Waals surface area contributed by atoms with Gasteiger partial charge in [0.25, 0.3) is 0 Å². The Kier molecular flexibility index (Phi) is 1.37. The summed E-state index contributed by atoms with van der Waals surface area (Å²) in [6.07, 6.45) is 2.16. The van der Waals surface area contributed by atoms with Crippen LogP contribution in [0.5, 0.6) is 0 Å². The molecule has 2 nitrogen and oxygen atoms in total. The minimum Gasteiger partial charge on any atom is -0.391 e. The van der Waals surface area contributed by atoms with Gasteiger partial charge in [-0.2, -0.15) is 0 Å². The Bertz CT molecular complexity index is 160. The van der Waals surface area contributed by atoms with Gasteiger partial charge in [-0.05, 0) is 30.1 Å². The second-order valence-electron chi connectivity index (χ2n) is 4.68. The van der Waals surface area contributed by atoms with Crippen LogP contribution in [-0.4, -0.2) is 17.3 Å². The van der Waals surface area contributed by atoms with E-state index >= 15 is 0 Å². The Morgan fingerprint density at radius 1 is 1.27 bits per heavy atom. The van der Waals surface area contributed by atoms with Crippen molar-refractivity contribution >= 4 is 0 Å². The third-order valence-corrected chi connectivity index (χ3v) is 3.97. The molecule has 0 unspecified atom stereocenters. The van der Waals surface area contributed by atoms with E-state index < -0.39 is 0 Å². The Labute approximate surface area is 67.8 Å². The largest absolute Gasteiger partial charge is 0.391 e. The molecule has 2 heteroatoms. The predicted octanol–water partition coefficient (Wildman–Crippen LogP) is 0.741. The summed E-state index contributed by atoms with van der Waals surface area (Å²) in [6.45, 7) is 4.48. The number of fused-ring (bicyclic) bond motifs is 2. The van der Waals surface area contributed by atoms with Crippen LogP contribution in [0.15, 0.2) is 0 Å². The molecule has 0 heterocycles. The van der Waals surface area contributed by atoms with Crippen LogP contribution in [0.4, 0.5) is 0 Å². The number of hydrogen-bond donors (Lipinski definition) is 2. The number of rotatable bonds is 0. The standard InChI is InChI=1S/C9H17NO/c1-9(2)5-3-4-6(9)8(11)7(5)10/h5-8,11H,3-4,10H2,1-2H3/t5-,6+,7+,8-/m0/s1. The molecule has 0 radical (unpaired) electrons. The van der Waals surface area contributed by atoms with Crippen LogP contribution < -0.4 is 5.73 Å². The summed E-state index contributed by atoms with van der Waals surface area (Å²) in [5, 5.41) is 9.70. The highest BCUT2D eigenvalue weighted by Crippen LogP contribution is 2.56. The van der Waals surface area contributed by atoms with E-state index in [1.54, 1.807) is 0 Å². The van der Waals surface area contributed by atoms with Gasteiger partial charge in [0.1, 0.15) is 0 Å². The van der Waals surface area contributed by atoms with Crippen molar-refractivity contribution in [3.63, 3.8) is 0 Å². The minimum atomic E-state index is -0.233. The van der Waals surface area contributed by atoms with E-state index in [0.29, 0.717) is 17.3 Å². The van der Waals surface area contributed by atoms with Crippen molar-refractivity contribution in [1.29, 1.82) is 0 Å². The number of hydrogen-bond acceptors (Lipinski definition) is 2. The molecule has 3 N–H and O–H groups in total. The van der Waals surface area contributed by atoms with Crippen LogP contribution in [0.25, 0.3) is 0 Å². The zero-order valence-electron chi connectivity index (χ0n) is 7.25. The van der Waals surface area contributed by atoms with Crippen LogP contribution in [-0.2, 0) is 0 Å². The summed E-state index contributed by atoms with van der Waals surface area (Å²) >= 11 is 0. The smallest absolute Gasteiger partial charge is 0.0727 e. The number of aliphatic hydroxyl groups is 1. The summed E-state index contributed by atoms with van der Waals surface area (Å²) in [5.74, 6) is 1.02. The average Bonchev–Trinajstić information content (AvgIpc) is 2.27. The first-order valence-electron chi connectivity index (χ1n) is 4.49. The molecule has 0 amide bonds. The maximum absolute atomic E-state index is 9.70. The summed E-state index contributed by atoms with van der Waals surface area (Å²) in [4.78, 5) is 0. The molecule has 11 heavy (non-hydrogen) atoms. The summed E-state index contributed by atoms with van der Waals surface area (Å²) in [5.41, 5.74) is 6.18. The van der Waals surface area contributed by atoms with Crippen LogP contribution in [0, 0.1) is 17.3 Å². The van der Waals surface area contributed by atoms with Crippen molar-refractivity contribution in [3.8, 4) is 0 Å². The molecular weight excluding hydrogens is 138 g/mol. The number of aliphatic hydroxyl groups excluding tert-OH is 1. The number of nitrogens with two attached hydrogens (primary N) is 1. The molecule has 64 valence electrons. The molecular formula is C9H17NO. The van der Waals surface area contributed by atoms with Crippen LogP contribution in [0.3, 0.4) is 0 Å². The Morgan fingerprint density at radius 3 is 2.09 bits per heavy atom. The molecule has 2 aliphatic carbocycles. The molecule has 0 spiro atoms. The molecule has 0 aromatic carbocycles. The van der Waals surface area contributed by atoms with Crippen LogP contribution in [0.2, 0.25) is 0 Å². The van der Waals surface area contributed by atoms with E-state index in [-0.39, 0.29) is 12.1 Å². The lowest BCUT2D eigenvalue weighted by Crippen LogP contribution is -2.39. The normalized spacial score (nSPS) is 53.5. The third kappa shape index (κ3) is 0.744. The van der Waals surface area contributed by atoms with Crippen LogP contribution in [0.1, 0.15) is 26.7 Å². The fraction of sp³-hybridized carbons (Fsp3) is 1.00. The van der Waals surface area contributed by atoms with Crippen molar-refractivity contribution in [2.75, 3.05) is 0 Å². The van der Waals surface area contributed by atoms with E-state index in [0.717, 1.165) is 0 Å². The molecule has 2 fully saturated rings. The molecule has 2 bridgehead atoms. The van der Waals surface area contributed by atoms with E-state index in [4.69, 9.17) is 5.73 Å².